The number of sulfonamides is 1. The van der Waals surface area contributed by atoms with E-state index in [4.69, 9.17) is 4.74 Å². The molecule has 0 atom stereocenters. The molecule has 21 heavy (non-hydrogen) atoms. The number of anilines is 1. The third-order valence-corrected chi connectivity index (χ3v) is 5.80. The number of halogens is 2. The number of ether oxygens (including phenoxy) is 1. The average molecular weight is 435 g/mol. The topological polar surface area (TPSA) is 55.4 Å². The van der Waals surface area contributed by atoms with Crippen molar-refractivity contribution in [2.24, 2.45) is 0 Å². The molecule has 1 N–H and O–H groups in total. The summed E-state index contributed by atoms with van der Waals surface area (Å²) in [6, 6.07) is 9.96. The third-order valence-electron chi connectivity index (χ3n) is 2.86. The highest BCUT2D eigenvalue weighted by Gasteiger charge is 2.17. The van der Waals surface area contributed by atoms with Gasteiger partial charge in [-0.15, -0.1) is 0 Å². The van der Waals surface area contributed by atoms with Crippen LogP contribution in [0.15, 0.2) is 50.2 Å². The van der Waals surface area contributed by atoms with Crippen LogP contribution in [0, 0.1) is 6.92 Å². The van der Waals surface area contributed by atoms with Gasteiger partial charge in [-0.1, -0.05) is 15.9 Å². The Bertz CT molecular complexity index is 776. The van der Waals surface area contributed by atoms with Gasteiger partial charge in [-0.05, 0) is 58.7 Å². The lowest BCUT2D eigenvalue weighted by atomic mass is 10.2. The zero-order valence-corrected chi connectivity index (χ0v) is 15.3. The molecule has 0 radical (unpaired) electrons. The van der Waals surface area contributed by atoms with Crippen LogP contribution in [0.3, 0.4) is 0 Å². The van der Waals surface area contributed by atoms with Crippen LogP contribution in [-0.4, -0.2) is 15.5 Å². The standard InChI is InChI=1S/C14H13Br2NO3S/c1-9-7-11(4-6-12(9)15)21(18,19)17-14-8-10(20-2)3-5-13(14)16/h3-8,17H,1-2H3. The fraction of sp³-hybridized carbons (Fsp3) is 0.143. The molecule has 0 fully saturated rings. The van der Waals surface area contributed by atoms with Crippen molar-refractivity contribution in [3.63, 3.8) is 0 Å². The molecule has 0 aromatic heterocycles. The maximum absolute atomic E-state index is 12.4. The molecule has 7 heteroatoms. The van der Waals surface area contributed by atoms with Gasteiger partial charge in [0.15, 0.2) is 0 Å². The van der Waals surface area contributed by atoms with Gasteiger partial charge in [0.25, 0.3) is 10.0 Å². The predicted octanol–water partition coefficient (Wildman–Crippen LogP) is 4.33. The first-order valence-electron chi connectivity index (χ1n) is 5.96. The van der Waals surface area contributed by atoms with Crippen molar-refractivity contribution in [2.75, 3.05) is 11.8 Å². The molecule has 0 unspecified atom stereocenters. The molecule has 0 aliphatic heterocycles. The van der Waals surface area contributed by atoms with Crippen molar-refractivity contribution in [3.05, 3.63) is 50.9 Å². The fourth-order valence-electron chi connectivity index (χ4n) is 1.70. The summed E-state index contributed by atoms with van der Waals surface area (Å²) in [4.78, 5) is 0.206. The maximum atomic E-state index is 12.4. The number of hydrogen-bond donors (Lipinski definition) is 1. The van der Waals surface area contributed by atoms with E-state index >= 15 is 0 Å². The van der Waals surface area contributed by atoms with E-state index in [0.29, 0.717) is 15.9 Å². The summed E-state index contributed by atoms with van der Waals surface area (Å²) in [7, 11) is -2.13. The first-order chi connectivity index (χ1) is 9.83. The van der Waals surface area contributed by atoms with Gasteiger partial charge in [0.1, 0.15) is 5.75 Å². The molecular formula is C14H13Br2NO3S. The van der Waals surface area contributed by atoms with Crippen LogP contribution in [0.1, 0.15) is 5.56 Å². The minimum atomic E-state index is -3.66. The van der Waals surface area contributed by atoms with Crippen molar-refractivity contribution < 1.29 is 13.2 Å². The van der Waals surface area contributed by atoms with Gasteiger partial charge in [-0.3, -0.25) is 4.72 Å². The fourth-order valence-corrected chi connectivity index (χ4v) is 3.58. The molecule has 0 bridgehead atoms. The summed E-state index contributed by atoms with van der Waals surface area (Å²) in [5.74, 6) is 0.572. The van der Waals surface area contributed by atoms with E-state index in [0.717, 1.165) is 10.0 Å². The zero-order chi connectivity index (χ0) is 15.6. The van der Waals surface area contributed by atoms with E-state index in [9.17, 15) is 8.42 Å². The van der Waals surface area contributed by atoms with Gasteiger partial charge in [-0.25, -0.2) is 8.42 Å². The molecule has 2 aromatic carbocycles. The Labute approximate surface area is 140 Å². The molecule has 0 saturated carbocycles. The van der Waals surface area contributed by atoms with Crippen LogP contribution in [0.2, 0.25) is 0 Å². The Kier molecular flexibility index (Phi) is 4.95. The number of nitrogens with one attached hydrogen (secondary N) is 1. The Morgan fingerprint density at radius 3 is 2.33 bits per heavy atom. The smallest absolute Gasteiger partial charge is 0.261 e. The first-order valence-corrected chi connectivity index (χ1v) is 9.03. The van der Waals surface area contributed by atoms with Crippen LogP contribution in [0.25, 0.3) is 0 Å². The highest BCUT2D eigenvalue weighted by molar-refractivity contribution is 9.11. The maximum Gasteiger partial charge on any atom is 0.261 e. The second-order valence-corrected chi connectivity index (χ2v) is 7.75. The van der Waals surface area contributed by atoms with E-state index in [1.165, 1.54) is 7.11 Å². The molecule has 2 rings (SSSR count). The predicted molar refractivity (Wildman–Crippen MR) is 90.4 cm³/mol. The Hall–Kier alpha value is -1.05. The summed E-state index contributed by atoms with van der Waals surface area (Å²) in [5, 5.41) is 0. The molecule has 0 aliphatic rings. The molecule has 4 nitrogen and oxygen atoms in total. The lowest BCUT2D eigenvalue weighted by molar-refractivity contribution is 0.415. The van der Waals surface area contributed by atoms with Crippen LogP contribution in [0.4, 0.5) is 5.69 Å². The molecule has 0 spiro atoms. The molecule has 2 aromatic rings. The van der Waals surface area contributed by atoms with Crippen LogP contribution in [-0.2, 0) is 10.0 Å². The van der Waals surface area contributed by atoms with Gasteiger partial charge in [0.2, 0.25) is 0 Å². The first kappa shape index (κ1) is 16.3. The Morgan fingerprint density at radius 2 is 1.71 bits per heavy atom. The number of methoxy groups -OCH3 is 1. The molecule has 112 valence electrons. The minimum Gasteiger partial charge on any atom is -0.497 e. The van der Waals surface area contributed by atoms with Crippen molar-refractivity contribution in [2.45, 2.75) is 11.8 Å². The van der Waals surface area contributed by atoms with E-state index < -0.39 is 10.0 Å². The highest BCUT2D eigenvalue weighted by atomic mass is 79.9. The van der Waals surface area contributed by atoms with Crippen molar-refractivity contribution in [3.8, 4) is 5.75 Å². The van der Waals surface area contributed by atoms with Crippen molar-refractivity contribution in [1.82, 2.24) is 0 Å². The zero-order valence-electron chi connectivity index (χ0n) is 11.4. The van der Waals surface area contributed by atoms with Gasteiger partial charge in [-0.2, -0.15) is 0 Å². The summed E-state index contributed by atoms with van der Waals surface area (Å²) < 4.78 is 34.0. The third kappa shape index (κ3) is 3.78. The van der Waals surface area contributed by atoms with E-state index in [1.54, 1.807) is 36.4 Å². The molecule has 0 saturated heterocycles. The van der Waals surface area contributed by atoms with E-state index in [1.807, 2.05) is 6.92 Å². The number of hydrogen-bond acceptors (Lipinski definition) is 3. The van der Waals surface area contributed by atoms with E-state index in [-0.39, 0.29) is 4.90 Å². The Balaban J connectivity index is 2.39. The quantitative estimate of drug-likeness (QED) is 0.778. The monoisotopic (exact) mass is 433 g/mol. The SMILES string of the molecule is COc1ccc(Br)c(NS(=O)(=O)c2ccc(Br)c(C)c2)c1. The number of aryl methyl sites for hydroxylation is 1. The van der Waals surface area contributed by atoms with Gasteiger partial charge < -0.3 is 4.74 Å². The highest BCUT2D eigenvalue weighted by Crippen LogP contribution is 2.29. The van der Waals surface area contributed by atoms with Crippen molar-refractivity contribution >= 4 is 47.6 Å². The van der Waals surface area contributed by atoms with E-state index in [2.05, 4.69) is 36.6 Å². The average Bonchev–Trinajstić information content (AvgIpc) is 2.44. The molecule has 0 heterocycles. The summed E-state index contributed by atoms with van der Waals surface area (Å²) in [5.41, 5.74) is 1.28. The lowest BCUT2D eigenvalue weighted by Crippen LogP contribution is -2.13. The van der Waals surface area contributed by atoms with Crippen LogP contribution >= 0.6 is 31.9 Å². The number of benzene rings is 2. The summed E-state index contributed by atoms with van der Waals surface area (Å²) in [6.45, 7) is 1.84. The summed E-state index contributed by atoms with van der Waals surface area (Å²) >= 11 is 6.68. The van der Waals surface area contributed by atoms with Crippen LogP contribution in [0.5, 0.6) is 5.75 Å². The molecular weight excluding hydrogens is 422 g/mol. The molecule has 0 amide bonds. The van der Waals surface area contributed by atoms with Crippen LogP contribution < -0.4 is 9.46 Å². The number of rotatable bonds is 4. The lowest BCUT2D eigenvalue weighted by Gasteiger charge is -2.12. The molecule has 0 aliphatic carbocycles. The summed E-state index contributed by atoms with van der Waals surface area (Å²) in [6.07, 6.45) is 0. The largest absolute Gasteiger partial charge is 0.497 e. The minimum absolute atomic E-state index is 0.206. The second-order valence-electron chi connectivity index (χ2n) is 4.36. The van der Waals surface area contributed by atoms with Crippen molar-refractivity contribution in [1.29, 1.82) is 0 Å². The van der Waals surface area contributed by atoms with Gasteiger partial charge in [0.05, 0.1) is 17.7 Å². The normalized spacial score (nSPS) is 11.2. The Morgan fingerprint density at radius 1 is 1.05 bits per heavy atom. The second kappa shape index (κ2) is 6.37. The van der Waals surface area contributed by atoms with Gasteiger partial charge in [0, 0.05) is 15.0 Å². The van der Waals surface area contributed by atoms with Gasteiger partial charge >= 0.3 is 0 Å².